The zero-order chi connectivity index (χ0) is 22.3. The van der Waals surface area contributed by atoms with E-state index < -0.39 is 9.84 Å². The summed E-state index contributed by atoms with van der Waals surface area (Å²) in [4.78, 5) is 17.1. The average molecular weight is 449 g/mol. The van der Waals surface area contributed by atoms with E-state index in [0.29, 0.717) is 29.1 Å². The maximum absolute atomic E-state index is 12.6. The first-order chi connectivity index (χ1) is 15.4. The summed E-state index contributed by atoms with van der Waals surface area (Å²) in [5.41, 5.74) is 3.88. The van der Waals surface area contributed by atoms with Crippen molar-refractivity contribution in [3.63, 3.8) is 0 Å². The molecule has 0 saturated carbocycles. The van der Waals surface area contributed by atoms with Gasteiger partial charge in [0.2, 0.25) is 0 Å². The van der Waals surface area contributed by atoms with E-state index in [0.717, 1.165) is 22.4 Å². The Hall–Kier alpha value is -3.72. The number of fused-ring (bicyclic) bond motifs is 2. The maximum Gasteiger partial charge on any atom is 0.256 e. The highest BCUT2D eigenvalue weighted by Gasteiger charge is 2.24. The van der Waals surface area contributed by atoms with Crippen LogP contribution >= 0.6 is 0 Å². The van der Waals surface area contributed by atoms with Gasteiger partial charge in [-0.1, -0.05) is 18.2 Å². The Kier molecular flexibility index (Phi) is 4.90. The molecule has 0 bridgehead atoms. The van der Waals surface area contributed by atoms with Crippen LogP contribution in [-0.4, -0.2) is 47.8 Å². The predicted octanol–water partition coefficient (Wildman–Crippen LogP) is 2.53. The van der Waals surface area contributed by atoms with Crippen LogP contribution in [0.1, 0.15) is 15.9 Å². The molecule has 162 valence electrons. The van der Waals surface area contributed by atoms with Crippen molar-refractivity contribution in [2.75, 3.05) is 12.8 Å². The Morgan fingerprint density at radius 3 is 2.75 bits per heavy atom. The number of hydrogen-bond acceptors (Lipinski definition) is 6. The molecule has 8 nitrogen and oxygen atoms in total. The van der Waals surface area contributed by atoms with Crippen LogP contribution in [0.15, 0.2) is 72.0 Å². The number of carbonyl (C=O) groups excluding carboxylic acids is 1. The number of nitrogens with one attached hydrogen (secondary N) is 1. The van der Waals surface area contributed by atoms with E-state index in [1.165, 1.54) is 12.5 Å². The van der Waals surface area contributed by atoms with E-state index in [1.807, 2.05) is 18.2 Å². The number of sulfone groups is 1. The molecule has 1 aliphatic rings. The summed E-state index contributed by atoms with van der Waals surface area (Å²) in [6.07, 6.45) is 6.55. The SMILES string of the molecule is CS(=O)(=O)c1ccc(-c2ccc3c(c2)C[C@H](CNC(=O)c2cnn4cccnc24)O3)cc1. The zero-order valence-corrected chi connectivity index (χ0v) is 18.0. The topological polar surface area (TPSA) is 103 Å². The third-order valence-corrected chi connectivity index (χ3v) is 6.56. The van der Waals surface area contributed by atoms with E-state index in [1.54, 1.807) is 47.2 Å². The van der Waals surface area contributed by atoms with Crippen LogP contribution in [0.3, 0.4) is 0 Å². The first kappa shape index (κ1) is 20.2. The summed E-state index contributed by atoms with van der Waals surface area (Å²) < 4.78 is 30.9. The lowest BCUT2D eigenvalue weighted by Crippen LogP contribution is -2.34. The predicted molar refractivity (Wildman–Crippen MR) is 118 cm³/mol. The van der Waals surface area contributed by atoms with Crippen molar-refractivity contribution in [3.8, 4) is 16.9 Å². The molecule has 0 aliphatic carbocycles. The highest BCUT2D eigenvalue weighted by Crippen LogP contribution is 2.33. The molecular formula is C23H20N4O4S. The molecule has 5 rings (SSSR count). The fourth-order valence-electron chi connectivity index (χ4n) is 3.80. The highest BCUT2D eigenvalue weighted by molar-refractivity contribution is 7.90. The molecule has 1 N–H and O–H groups in total. The average Bonchev–Trinajstić information content (AvgIpc) is 3.40. The van der Waals surface area contributed by atoms with Crippen molar-refractivity contribution in [1.82, 2.24) is 19.9 Å². The molecule has 0 saturated heterocycles. The number of amides is 1. The summed E-state index contributed by atoms with van der Waals surface area (Å²) in [6, 6.07) is 14.5. The molecule has 0 unspecified atom stereocenters. The molecule has 9 heteroatoms. The van der Waals surface area contributed by atoms with Crippen LogP contribution in [-0.2, 0) is 16.3 Å². The number of hydrogen-bond donors (Lipinski definition) is 1. The molecule has 0 radical (unpaired) electrons. The van der Waals surface area contributed by atoms with Crippen molar-refractivity contribution < 1.29 is 17.9 Å². The third-order valence-electron chi connectivity index (χ3n) is 5.43. The maximum atomic E-state index is 12.6. The van der Waals surface area contributed by atoms with Gasteiger partial charge in [-0.2, -0.15) is 5.10 Å². The first-order valence-electron chi connectivity index (χ1n) is 10.0. The number of nitrogens with zero attached hydrogens (tertiary/aromatic N) is 3. The van der Waals surface area contributed by atoms with Gasteiger partial charge in [-0.05, 0) is 47.0 Å². The summed E-state index contributed by atoms with van der Waals surface area (Å²) in [6.45, 7) is 0.357. The number of rotatable bonds is 5. The van der Waals surface area contributed by atoms with Gasteiger partial charge < -0.3 is 10.1 Å². The van der Waals surface area contributed by atoms with Gasteiger partial charge in [-0.3, -0.25) is 4.79 Å². The van der Waals surface area contributed by atoms with Gasteiger partial charge in [-0.25, -0.2) is 17.9 Å². The normalized spacial score (nSPS) is 15.3. The smallest absolute Gasteiger partial charge is 0.256 e. The van der Waals surface area contributed by atoms with E-state index in [4.69, 9.17) is 4.74 Å². The van der Waals surface area contributed by atoms with Gasteiger partial charge in [0.15, 0.2) is 15.5 Å². The summed E-state index contributed by atoms with van der Waals surface area (Å²) in [5, 5.41) is 7.04. The summed E-state index contributed by atoms with van der Waals surface area (Å²) in [5.74, 6) is 0.545. The van der Waals surface area contributed by atoms with Crippen LogP contribution < -0.4 is 10.1 Å². The van der Waals surface area contributed by atoms with Crippen LogP contribution in [0.2, 0.25) is 0 Å². The van der Waals surface area contributed by atoms with Crippen LogP contribution in [0.4, 0.5) is 0 Å². The molecule has 2 aromatic heterocycles. The fraction of sp³-hybridized carbons (Fsp3) is 0.174. The van der Waals surface area contributed by atoms with Crippen molar-refractivity contribution >= 4 is 21.4 Å². The Balaban J connectivity index is 1.26. The first-order valence-corrected chi connectivity index (χ1v) is 11.9. The monoisotopic (exact) mass is 448 g/mol. The van der Waals surface area contributed by atoms with E-state index in [-0.39, 0.29) is 12.0 Å². The Morgan fingerprint density at radius 2 is 1.97 bits per heavy atom. The van der Waals surface area contributed by atoms with Crippen molar-refractivity contribution in [2.24, 2.45) is 0 Å². The minimum absolute atomic E-state index is 0.174. The van der Waals surface area contributed by atoms with Gasteiger partial charge in [0, 0.05) is 25.1 Å². The molecule has 1 atom stereocenters. The van der Waals surface area contributed by atoms with Crippen molar-refractivity contribution in [2.45, 2.75) is 17.4 Å². The fourth-order valence-corrected chi connectivity index (χ4v) is 4.43. The van der Waals surface area contributed by atoms with E-state index in [2.05, 4.69) is 15.4 Å². The molecular weight excluding hydrogens is 428 g/mol. The second-order valence-electron chi connectivity index (χ2n) is 7.72. The second kappa shape index (κ2) is 7.76. The molecule has 4 aromatic rings. The summed E-state index contributed by atoms with van der Waals surface area (Å²) >= 11 is 0. The second-order valence-corrected chi connectivity index (χ2v) is 9.73. The van der Waals surface area contributed by atoms with Gasteiger partial charge >= 0.3 is 0 Å². The summed E-state index contributed by atoms with van der Waals surface area (Å²) in [7, 11) is -3.22. The molecule has 2 aromatic carbocycles. The lowest BCUT2D eigenvalue weighted by atomic mass is 10.0. The minimum Gasteiger partial charge on any atom is -0.488 e. The van der Waals surface area contributed by atoms with Gasteiger partial charge in [0.05, 0.1) is 17.6 Å². The van der Waals surface area contributed by atoms with Crippen molar-refractivity contribution in [1.29, 1.82) is 0 Å². The Bertz CT molecular complexity index is 1430. The minimum atomic E-state index is -3.22. The lowest BCUT2D eigenvalue weighted by molar-refractivity contribution is 0.0935. The third kappa shape index (κ3) is 3.82. The quantitative estimate of drug-likeness (QED) is 0.503. The number of aromatic nitrogens is 3. The Labute approximate surface area is 184 Å². The Morgan fingerprint density at radius 1 is 1.19 bits per heavy atom. The van der Waals surface area contributed by atoms with Gasteiger partial charge in [0.25, 0.3) is 5.91 Å². The highest BCUT2D eigenvalue weighted by atomic mass is 32.2. The number of carbonyl (C=O) groups is 1. The van der Waals surface area contributed by atoms with Gasteiger partial charge in [-0.15, -0.1) is 0 Å². The molecule has 0 fully saturated rings. The zero-order valence-electron chi connectivity index (χ0n) is 17.2. The molecule has 1 aliphatic heterocycles. The van der Waals surface area contributed by atoms with Crippen molar-refractivity contribution in [3.05, 3.63) is 78.2 Å². The molecule has 1 amide bonds. The number of benzene rings is 2. The standard InChI is InChI=1S/C23H20N4O4S/c1-32(29,30)19-6-3-15(4-7-19)16-5-8-21-17(11-16)12-18(31-21)13-25-23(28)20-14-26-27-10-2-9-24-22(20)27/h2-11,14,18H,12-13H2,1H3,(H,25,28)/t18-/m1/s1. The molecule has 0 spiro atoms. The van der Waals surface area contributed by atoms with E-state index >= 15 is 0 Å². The van der Waals surface area contributed by atoms with Crippen LogP contribution in [0, 0.1) is 0 Å². The molecule has 3 heterocycles. The lowest BCUT2D eigenvalue weighted by Gasteiger charge is -2.11. The van der Waals surface area contributed by atoms with Crippen LogP contribution in [0.25, 0.3) is 16.8 Å². The largest absolute Gasteiger partial charge is 0.488 e. The van der Waals surface area contributed by atoms with Gasteiger partial charge in [0.1, 0.15) is 17.4 Å². The number of ether oxygens (including phenoxy) is 1. The van der Waals surface area contributed by atoms with E-state index in [9.17, 15) is 13.2 Å². The molecule has 32 heavy (non-hydrogen) atoms. The van der Waals surface area contributed by atoms with Crippen LogP contribution in [0.5, 0.6) is 5.75 Å².